The highest BCUT2D eigenvalue weighted by atomic mass is 32.2. The molecular weight excluding hydrogens is 478 g/mol. The maximum absolute atomic E-state index is 13.0. The quantitative estimate of drug-likeness (QED) is 0.191. The monoisotopic (exact) mass is 505 g/mol. The first-order valence-electron chi connectivity index (χ1n) is 11.1. The zero-order valence-corrected chi connectivity index (χ0v) is 20.9. The van der Waals surface area contributed by atoms with Crippen LogP contribution in [0.4, 0.5) is 5.82 Å². The summed E-state index contributed by atoms with van der Waals surface area (Å²) in [5.74, 6) is -0.0963. The highest BCUT2D eigenvalue weighted by Gasteiger charge is 2.25. The lowest BCUT2D eigenvalue weighted by molar-refractivity contribution is -0.115. The van der Waals surface area contributed by atoms with Crippen molar-refractivity contribution in [2.24, 2.45) is 5.73 Å². The molecule has 0 atom stereocenters. The summed E-state index contributed by atoms with van der Waals surface area (Å²) in [6.45, 7) is 5.33. The van der Waals surface area contributed by atoms with Gasteiger partial charge in [-0.25, -0.2) is 18.1 Å². The van der Waals surface area contributed by atoms with Crippen molar-refractivity contribution in [2.45, 2.75) is 37.6 Å². The summed E-state index contributed by atoms with van der Waals surface area (Å²) in [6, 6.07) is 15.1. The molecule has 36 heavy (non-hydrogen) atoms. The number of aromatic nitrogens is 3. The number of nitrogens with zero attached hydrogens (tertiary/aromatic N) is 2. The molecule has 4 rings (SSSR count). The van der Waals surface area contributed by atoms with E-state index in [2.05, 4.69) is 25.2 Å². The SMILES string of the molecule is CC(C)(C)NS(=O)(=O)c1ccccc1-c1ccnc(NC(=O)Cc2[nH]nc3cc(C(=N)N)ccc23)c1. The number of amides is 1. The predicted octanol–water partition coefficient (Wildman–Crippen LogP) is 3.17. The smallest absolute Gasteiger partial charge is 0.241 e. The fraction of sp³-hybridized carbons (Fsp3) is 0.200. The zero-order chi connectivity index (χ0) is 26.1. The maximum Gasteiger partial charge on any atom is 0.241 e. The van der Waals surface area contributed by atoms with Crippen LogP contribution < -0.4 is 15.8 Å². The number of nitrogen functional groups attached to an aromatic ring is 1. The van der Waals surface area contributed by atoms with Gasteiger partial charge in [-0.1, -0.05) is 30.3 Å². The molecule has 0 radical (unpaired) electrons. The number of H-pyrrole nitrogens is 1. The molecule has 0 saturated carbocycles. The number of carbonyl (C=O) groups is 1. The van der Waals surface area contributed by atoms with Crippen LogP contribution in [0.3, 0.4) is 0 Å². The van der Waals surface area contributed by atoms with Crippen molar-refractivity contribution in [3.05, 3.63) is 72.1 Å². The number of aromatic amines is 1. The van der Waals surface area contributed by atoms with E-state index in [0.717, 1.165) is 5.39 Å². The van der Waals surface area contributed by atoms with Crippen LogP contribution in [0.25, 0.3) is 22.0 Å². The van der Waals surface area contributed by atoms with Gasteiger partial charge in [0.25, 0.3) is 0 Å². The molecule has 0 aliphatic carbocycles. The number of nitrogens with two attached hydrogens (primary N) is 1. The first kappa shape index (κ1) is 25.0. The number of sulfonamides is 1. The number of anilines is 1. The first-order chi connectivity index (χ1) is 16.9. The number of amidine groups is 1. The third kappa shape index (κ3) is 5.58. The Labute approximate surface area is 208 Å². The number of hydrogen-bond acceptors (Lipinski definition) is 6. The summed E-state index contributed by atoms with van der Waals surface area (Å²) in [6.07, 6.45) is 1.53. The fourth-order valence-corrected chi connectivity index (χ4v) is 5.43. The van der Waals surface area contributed by atoms with Crippen molar-refractivity contribution in [1.29, 1.82) is 5.41 Å². The van der Waals surface area contributed by atoms with E-state index >= 15 is 0 Å². The highest BCUT2D eigenvalue weighted by Crippen LogP contribution is 2.29. The molecule has 10 nitrogen and oxygen atoms in total. The lowest BCUT2D eigenvalue weighted by atomic mass is 10.1. The number of nitrogens with one attached hydrogen (secondary N) is 4. The Balaban J connectivity index is 1.56. The molecule has 6 N–H and O–H groups in total. The number of carbonyl (C=O) groups excluding carboxylic acids is 1. The zero-order valence-electron chi connectivity index (χ0n) is 20.1. The molecule has 0 aliphatic heterocycles. The predicted molar refractivity (Wildman–Crippen MR) is 139 cm³/mol. The topological polar surface area (TPSA) is 167 Å². The average molecular weight is 506 g/mol. The molecule has 2 aromatic heterocycles. The van der Waals surface area contributed by atoms with E-state index in [0.29, 0.717) is 27.9 Å². The van der Waals surface area contributed by atoms with Gasteiger partial charge in [0.1, 0.15) is 11.7 Å². The molecule has 0 aliphatic rings. The van der Waals surface area contributed by atoms with Gasteiger partial charge < -0.3 is 11.1 Å². The molecule has 0 unspecified atom stereocenters. The Hall–Kier alpha value is -4.09. The van der Waals surface area contributed by atoms with Crippen molar-refractivity contribution in [3.63, 3.8) is 0 Å². The van der Waals surface area contributed by atoms with Crippen LogP contribution in [0.5, 0.6) is 0 Å². The Bertz CT molecular complexity index is 1570. The van der Waals surface area contributed by atoms with E-state index in [1.165, 1.54) is 6.20 Å². The summed E-state index contributed by atoms with van der Waals surface area (Å²) in [7, 11) is -3.79. The summed E-state index contributed by atoms with van der Waals surface area (Å²) >= 11 is 0. The number of rotatable bonds is 7. The standard InChI is InChI=1S/C25H27N7O3S/c1-25(2,3)32-36(34,35)21-7-5-4-6-17(21)15-10-11-28-22(13-15)29-23(33)14-20-18-9-8-16(24(26)27)12-19(18)30-31-20/h4-13,32H,14H2,1-3H3,(H3,26,27)(H,30,31)(H,28,29,33). The van der Waals surface area contributed by atoms with Crippen LogP contribution in [0.1, 0.15) is 32.0 Å². The molecule has 2 heterocycles. The fourth-order valence-electron chi connectivity index (χ4n) is 3.78. The molecule has 0 bridgehead atoms. The van der Waals surface area contributed by atoms with Crippen molar-refractivity contribution in [2.75, 3.05) is 5.32 Å². The maximum atomic E-state index is 13.0. The summed E-state index contributed by atoms with van der Waals surface area (Å²) in [5, 5.41) is 18.1. The second kappa shape index (κ2) is 9.51. The largest absolute Gasteiger partial charge is 0.384 e. The van der Waals surface area contributed by atoms with E-state index in [1.54, 1.807) is 75.4 Å². The summed E-state index contributed by atoms with van der Waals surface area (Å²) < 4.78 is 28.7. The van der Waals surface area contributed by atoms with Gasteiger partial charge in [0.05, 0.1) is 22.5 Å². The third-order valence-electron chi connectivity index (χ3n) is 5.24. The Morgan fingerprint density at radius 3 is 2.58 bits per heavy atom. The van der Waals surface area contributed by atoms with E-state index in [1.807, 2.05) is 0 Å². The lowest BCUT2D eigenvalue weighted by Gasteiger charge is -2.21. The van der Waals surface area contributed by atoms with Crippen LogP contribution in [-0.2, 0) is 21.2 Å². The van der Waals surface area contributed by atoms with Gasteiger partial charge in [0, 0.05) is 28.2 Å². The molecule has 2 aromatic carbocycles. The molecule has 4 aromatic rings. The van der Waals surface area contributed by atoms with Crippen LogP contribution >= 0.6 is 0 Å². The second-order valence-electron chi connectivity index (χ2n) is 9.35. The van der Waals surface area contributed by atoms with Gasteiger partial charge in [-0.3, -0.25) is 15.3 Å². The average Bonchev–Trinajstić information content (AvgIpc) is 3.19. The van der Waals surface area contributed by atoms with Gasteiger partial charge in [-0.15, -0.1) is 0 Å². The van der Waals surface area contributed by atoms with Crippen molar-refractivity contribution in [1.82, 2.24) is 19.9 Å². The first-order valence-corrected chi connectivity index (χ1v) is 12.6. The molecule has 0 saturated heterocycles. The van der Waals surface area contributed by atoms with E-state index in [4.69, 9.17) is 11.1 Å². The molecule has 1 amide bonds. The van der Waals surface area contributed by atoms with Gasteiger partial charge in [-0.2, -0.15) is 5.10 Å². The molecule has 0 spiro atoms. The Kier molecular flexibility index (Phi) is 6.61. The number of benzene rings is 2. The van der Waals surface area contributed by atoms with Crippen molar-refractivity contribution in [3.8, 4) is 11.1 Å². The van der Waals surface area contributed by atoms with Gasteiger partial charge in [-0.05, 0) is 50.6 Å². The molecule has 186 valence electrons. The third-order valence-corrected chi connectivity index (χ3v) is 7.05. The molecule has 0 fully saturated rings. The van der Waals surface area contributed by atoms with Gasteiger partial charge in [0.2, 0.25) is 15.9 Å². The van der Waals surface area contributed by atoms with Crippen LogP contribution in [0.15, 0.2) is 65.7 Å². The van der Waals surface area contributed by atoms with Crippen molar-refractivity contribution < 1.29 is 13.2 Å². The van der Waals surface area contributed by atoms with E-state index < -0.39 is 15.6 Å². The Morgan fingerprint density at radius 1 is 1.11 bits per heavy atom. The normalized spacial score (nSPS) is 12.0. The van der Waals surface area contributed by atoms with Crippen molar-refractivity contribution >= 4 is 38.5 Å². The molecule has 11 heteroatoms. The minimum Gasteiger partial charge on any atom is -0.384 e. The number of fused-ring (bicyclic) bond motifs is 1. The van der Waals surface area contributed by atoms with E-state index in [9.17, 15) is 13.2 Å². The van der Waals surface area contributed by atoms with E-state index in [-0.39, 0.29) is 28.9 Å². The lowest BCUT2D eigenvalue weighted by Crippen LogP contribution is -2.40. The minimum atomic E-state index is -3.79. The minimum absolute atomic E-state index is 0.0162. The molecular formula is C25H27N7O3S. The summed E-state index contributed by atoms with van der Waals surface area (Å²) in [4.78, 5) is 17.1. The summed E-state index contributed by atoms with van der Waals surface area (Å²) in [5.41, 5.74) is 7.74. The van der Waals surface area contributed by atoms with Gasteiger partial charge in [0.15, 0.2) is 0 Å². The van der Waals surface area contributed by atoms with Crippen LogP contribution in [0, 0.1) is 5.41 Å². The second-order valence-corrected chi connectivity index (χ2v) is 11.0. The number of pyridine rings is 1. The number of hydrogen-bond donors (Lipinski definition) is 5. The highest BCUT2D eigenvalue weighted by molar-refractivity contribution is 7.89. The van der Waals surface area contributed by atoms with Gasteiger partial charge >= 0.3 is 0 Å². The Morgan fingerprint density at radius 2 is 1.86 bits per heavy atom. The van der Waals surface area contributed by atoms with Crippen LogP contribution in [0.2, 0.25) is 0 Å². The van der Waals surface area contributed by atoms with Crippen LogP contribution in [-0.4, -0.2) is 40.9 Å².